The van der Waals surface area contributed by atoms with E-state index in [1.54, 1.807) is 0 Å². The van der Waals surface area contributed by atoms with Crippen molar-refractivity contribution in [2.45, 2.75) is 45.1 Å². The minimum atomic E-state index is 0.679. The lowest BCUT2D eigenvalue weighted by atomic mass is 9.77. The summed E-state index contributed by atoms with van der Waals surface area (Å²) in [4.78, 5) is 2.54. The Kier molecular flexibility index (Phi) is 4.23. The molecule has 0 atom stereocenters. The zero-order valence-electron chi connectivity index (χ0n) is 12.4. The summed E-state index contributed by atoms with van der Waals surface area (Å²) in [5.41, 5.74) is 3.26. The van der Waals surface area contributed by atoms with Gasteiger partial charge in [-0.3, -0.25) is 0 Å². The van der Waals surface area contributed by atoms with E-state index in [2.05, 4.69) is 22.3 Å². The molecular formula is C17H25ClN2. The highest BCUT2D eigenvalue weighted by atomic mass is 35.5. The highest BCUT2D eigenvalue weighted by Crippen LogP contribution is 2.47. The number of rotatable bonds is 3. The SMILES string of the molecule is CNCc1c(Cl)cccc1N1CCC2(CCCC2)CC1. The van der Waals surface area contributed by atoms with Crippen molar-refractivity contribution in [2.75, 3.05) is 25.0 Å². The number of piperidine rings is 1. The monoisotopic (exact) mass is 292 g/mol. The van der Waals surface area contributed by atoms with Gasteiger partial charge in [-0.05, 0) is 50.3 Å². The zero-order chi connectivity index (χ0) is 14.0. The van der Waals surface area contributed by atoms with E-state index in [4.69, 9.17) is 11.6 Å². The van der Waals surface area contributed by atoms with E-state index in [-0.39, 0.29) is 0 Å². The summed E-state index contributed by atoms with van der Waals surface area (Å²) in [7, 11) is 1.98. The number of benzene rings is 1. The van der Waals surface area contributed by atoms with Crippen molar-refractivity contribution in [3.05, 3.63) is 28.8 Å². The number of halogens is 1. The lowest BCUT2D eigenvalue weighted by Gasteiger charge is -2.41. The number of hydrogen-bond acceptors (Lipinski definition) is 2. The first-order valence-electron chi connectivity index (χ1n) is 7.91. The van der Waals surface area contributed by atoms with E-state index in [0.717, 1.165) is 11.6 Å². The summed E-state index contributed by atoms with van der Waals surface area (Å²) in [6.45, 7) is 3.23. The van der Waals surface area contributed by atoms with Crippen molar-refractivity contribution in [1.82, 2.24) is 5.32 Å². The average molecular weight is 293 g/mol. The number of nitrogens with zero attached hydrogens (tertiary/aromatic N) is 1. The summed E-state index contributed by atoms with van der Waals surface area (Å²) >= 11 is 6.38. The van der Waals surface area contributed by atoms with Crippen LogP contribution in [0.3, 0.4) is 0 Å². The maximum Gasteiger partial charge on any atom is 0.0471 e. The van der Waals surface area contributed by atoms with Crippen LogP contribution < -0.4 is 10.2 Å². The first kappa shape index (κ1) is 14.2. The molecule has 1 N–H and O–H groups in total. The number of nitrogens with one attached hydrogen (secondary N) is 1. The molecule has 1 heterocycles. The summed E-state index contributed by atoms with van der Waals surface area (Å²) in [5.74, 6) is 0. The maximum absolute atomic E-state index is 6.38. The third-order valence-corrected chi connectivity index (χ3v) is 5.63. The van der Waals surface area contributed by atoms with Gasteiger partial charge in [0.15, 0.2) is 0 Å². The fraction of sp³-hybridized carbons (Fsp3) is 0.647. The summed E-state index contributed by atoms with van der Waals surface area (Å²) in [6.07, 6.45) is 8.53. The molecule has 1 aliphatic carbocycles. The molecule has 0 aromatic heterocycles. The molecule has 0 unspecified atom stereocenters. The van der Waals surface area contributed by atoms with Crippen LogP contribution in [-0.2, 0) is 6.54 Å². The second kappa shape index (κ2) is 5.95. The minimum absolute atomic E-state index is 0.679. The second-order valence-corrected chi connectivity index (χ2v) is 6.87. The summed E-state index contributed by atoms with van der Waals surface area (Å²) < 4.78 is 0. The molecule has 3 rings (SSSR count). The molecule has 1 aliphatic heterocycles. The Morgan fingerprint density at radius 3 is 2.50 bits per heavy atom. The van der Waals surface area contributed by atoms with Crippen molar-refractivity contribution < 1.29 is 0 Å². The molecular weight excluding hydrogens is 268 g/mol. The molecule has 1 aromatic carbocycles. The van der Waals surface area contributed by atoms with Crippen LogP contribution in [0, 0.1) is 5.41 Å². The van der Waals surface area contributed by atoms with Gasteiger partial charge in [0, 0.05) is 35.9 Å². The summed E-state index contributed by atoms with van der Waals surface area (Å²) in [5, 5.41) is 4.13. The van der Waals surface area contributed by atoms with Crippen LogP contribution in [0.25, 0.3) is 0 Å². The normalized spacial score (nSPS) is 21.6. The molecule has 0 radical (unpaired) electrons. The molecule has 1 saturated heterocycles. The van der Waals surface area contributed by atoms with E-state index >= 15 is 0 Å². The van der Waals surface area contributed by atoms with Crippen LogP contribution >= 0.6 is 11.6 Å². The van der Waals surface area contributed by atoms with E-state index in [0.29, 0.717) is 5.41 Å². The van der Waals surface area contributed by atoms with E-state index < -0.39 is 0 Å². The van der Waals surface area contributed by atoms with Gasteiger partial charge in [0.1, 0.15) is 0 Å². The Balaban J connectivity index is 1.76. The third kappa shape index (κ3) is 2.68. The van der Waals surface area contributed by atoms with Gasteiger partial charge in [-0.1, -0.05) is 30.5 Å². The smallest absolute Gasteiger partial charge is 0.0471 e. The fourth-order valence-corrected chi connectivity index (χ4v) is 4.28. The first-order chi connectivity index (χ1) is 9.74. The van der Waals surface area contributed by atoms with Gasteiger partial charge in [0.05, 0.1) is 0 Å². The van der Waals surface area contributed by atoms with Gasteiger partial charge in [-0.15, -0.1) is 0 Å². The quantitative estimate of drug-likeness (QED) is 0.897. The average Bonchev–Trinajstić information content (AvgIpc) is 2.91. The van der Waals surface area contributed by atoms with Gasteiger partial charge in [-0.2, -0.15) is 0 Å². The van der Waals surface area contributed by atoms with Crippen LogP contribution in [-0.4, -0.2) is 20.1 Å². The fourth-order valence-electron chi connectivity index (χ4n) is 4.04. The van der Waals surface area contributed by atoms with Crippen molar-refractivity contribution in [1.29, 1.82) is 0 Å². The van der Waals surface area contributed by atoms with Crippen LogP contribution in [0.5, 0.6) is 0 Å². The molecule has 1 aromatic rings. The summed E-state index contributed by atoms with van der Waals surface area (Å²) in [6, 6.07) is 6.31. The van der Waals surface area contributed by atoms with Gasteiger partial charge >= 0.3 is 0 Å². The molecule has 3 heteroatoms. The molecule has 0 bridgehead atoms. The first-order valence-corrected chi connectivity index (χ1v) is 8.29. The Morgan fingerprint density at radius 2 is 1.85 bits per heavy atom. The molecule has 0 amide bonds. The number of anilines is 1. The maximum atomic E-state index is 6.38. The number of hydrogen-bond donors (Lipinski definition) is 1. The van der Waals surface area contributed by atoms with Crippen molar-refractivity contribution >= 4 is 17.3 Å². The highest BCUT2D eigenvalue weighted by molar-refractivity contribution is 6.31. The third-order valence-electron chi connectivity index (χ3n) is 5.28. The highest BCUT2D eigenvalue weighted by Gasteiger charge is 2.37. The van der Waals surface area contributed by atoms with Gasteiger partial charge in [0.25, 0.3) is 0 Å². The largest absolute Gasteiger partial charge is 0.371 e. The van der Waals surface area contributed by atoms with Crippen LogP contribution in [0.1, 0.15) is 44.1 Å². The molecule has 1 spiro atoms. The second-order valence-electron chi connectivity index (χ2n) is 6.46. The van der Waals surface area contributed by atoms with E-state index in [9.17, 15) is 0 Å². The minimum Gasteiger partial charge on any atom is -0.371 e. The standard InChI is InChI=1S/C17H25ClN2/c1-19-13-14-15(18)5-4-6-16(14)20-11-9-17(10-12-20)7-2-3-8-17/h4-6,19H,2-3,7-13H2,1H3. The van der Waals surface area contributed by atoms with E-state index in [1.165, 1.54) is 62.9 Å². The topological polar surface area (TPSA) is 15.3 Å². The molecule has 2 nitrogen and oxygen atoms in total. The lowest BCUT2D eigenvalue weighted by Crippen LogP contribution is -2.39. The Labute approximate surface area is 127 Å². The molecule has 20 heavy (non-hydrogen) atoms. The molecule has 2 fully saturated rings. The van der Waals surface area contributed by atoms with Crippen LogP contribution in [0.4, 0.5) is 5.69 Å². The van der Waals surface area contributed by atoms with Crippen molar-refractivity contribution in [3.8, 4) is 0 Å². The van der Waals surface area contributed by atoms with E-state index in [1.807, 2.05) is 13.1 Å². The van der Waals surface area contributed by atoms with Gasteiger partial charge in [0.2, 0.25) is 0 Å². The Bertz CT molecular complexity index is 456. The zero-order valence-corrected chi connectivity index (χ0v) is 13.2. The Morgan fingerprint density at radius 1 is 1.15 bits per heavy atom. The molecule has 1 saturated carbocycles. The van der Waals surface area contributed by atoms with Crippen LogP contribution in [0.15, 0.2) is 18.2 Å². The van der Waals surface area contributed by atoms with Crippen LogP contribution in [0.2, 0.25) is 5.02 Å². The van der Waals surface area contributed by atoms with Crippen molar-refractivity contribution in [2.24, 2.45) is 5.41 Å². The molecule has 110 valence electrons. The van der Waals surface area contributed by atoms with Gasteiger partial charge in [-0.25, -0.2) is 0 Å². The lowest BCUT2D eigenvalue weighted by molar-refractivity contribution is 0.226. The molecule has 2 aliphatic rings. The predicted molar refractivity (Wildman–Crippen MR) is 86.6 cm³/mol. The van der Waals surface area contributed by atoms with Crippen molar-refractivity contribution in [3.63, 3.8) is 0 Å². The van der Waals surface area contributed by atoms with Gasteiger partial charge < -0.3 is 10.2 Å². The predicted octanol–water partition coefficient (Wildman–Crippen LogP) is 4.22. The Hall–Kier alpha value is -0.730.